The summed E-state index contributed by atoms with van der Waals surface area (Å²) in [7, 11) is 0. The van der Waals surface area contributed by atoms with Crippen LogP contribution in [0.5, 0.6) is 0 Å². The molecule has 0 heterocycles. The summed E-state index contributed by atoms with van der Waals surface area (Å²) < 4.78 is 5.90. The van der Waals surface area contributed by atoms with Crippen LogP contribution in [0.25, 0.3) is 0 Å². The molecule has 26 heavy (non-hydrogen) atoms. The molecule has 0 fully saturated rings. The van der Waals surface area contributed by atoms with Gasteiger partial charge in [-0.15, -0.1) is 0 Å². The first-order valence-electron chi connectivity index (χ1n) is 9.03. The van der Waals surface area contributed by atoms with E-state index >= 15 is 0 Å². The zero-order valence-electron chi connectivity index (χ0n) is 15.7. The van der Waals surface area contributed by atoms with Gasteiger partial charge in [0.25, 0.3) is 0 Å². The molecule has 140 valence electrons. The Morgan fingerprint density at radius 1 is 0.962 bits per heavy atom. The normalized spacial score (nSPS) is 11.4. The minimum Gasteiger partial charge on any atom is -0.372 e. The summed E-state index contributed by atoms with van der Waals surface area (Å²) in [4.78, 5) is 4.71. The van der Waals surface area contributed by atoms with Crippen molar-refractivity contribution in [2.24, 2.45) is 4.99 Å². The van der Waals surface area contributed by atoms with Gasteiger partial charge in [-0.1, -0.05) is 54.6 Å². The quantitative estimate of drug-likeness (QED) is 0.379. The smallest absolute Gasteiger partial charge is 0.191 e. The molecule has 0 radical (unpaired) electrons. The molecular weight excluding hydrogens is 342 g/mol. The molecule has 0 aliphatic rings. The average Bonchev–Trinajstić information content (AvgIpc) is 2.68. The third kappa shape index (κ3) is 7.50. The first-order valence-corrected chi connectivity index (χ1v) is 10.4. The summed E-state index contributed by atoms with van der Waals surface area (Å²) >= 11 is 1.82. The first-order chi connectivity index (χ1) is 12.8. The van der Waals surface area contributed by atoms with Crippen LogP contribution in [0.15, 0.2) is 59.6 Å². The Kier molecular flexibility index (Phi) is 9.69. The third-order valence-corrected chi connectivity index (χ3v) is 4.45. The van der Waals surface area contributed by atoms with Gasteiger partial charge in [-0.25, -0.2) is 4.99 Å². The highest BCUT2D eigenvalue weighted by Gasteiger charge is 2.03. The number of hydrogen-bond donors (Lipinski definition) is 2. The molecule has 0 aliphatic heterocycles. The Morgan fingerprint density at radius 2 is 1.69 bits per heavy atom. The first kappa shape index (κ1) is 20.3. The second-order valence-electron chi connectivity index (χ2n) is 5.86. The van der Waals surface area contributed by atoms with Crippen LogP contribution in [-0.2, 0) is 24.5 Å². The van der Waals surface area contributed by atoms with Gasteiger partial charge in [0.1, 0.15) is 0 Å². The van der Waals surface area contributed by atoms with Crippen LogP contribution >= 0.6 is 11.8 Å². The van der Waals surface area contributed by atoms with Crippen LogP contribution in [-0.4, -0.2) is 31.1 Å². The van der Waals surface area contributed by atoms with Gasteiger partial charge in [0.15, 0.2) is 5.96 Å². The van der Waals surface area contributed by atoms with Crippen LogP contribution in [0.4, 0.5) is 0 Å². The predicted molar refractivity (Wildman–Crippen MR) is 113 cm³/mol. The van der Waals surface area contributed by atoms with Crippen molar-refractivity contribution in [1.29, 1.82) is 0 Å². The SMILES string of the molecule is CCNC(=NCc1ccccc1COCc1ccccc1)NCCSC. The maximum atomic E-state index is 5.90. The standard InChI is InChI=1S/C21H29N3OS/c1-3-22-21(23-13-14-26-2)24-15-19-11-7-8-12-20(19)17-25-16-18-9-5-4-6-10-18/h4-12H,3,13-17H2,1-2H3,(H2,22,23,24). The molecule has 0 atom stereocenters. The number of benzene rings is 2. The molecule has 0 aliphatic carbocycles. The third-order valence-electron chi connectivity index (χ3n) is 3.84. The molecule has 0 amide bonds. The molecule has 2 aromatic carbocycles. The van der Waals surface area contributed by atoms with Crippen LogP contribution in [0.1, 0.15) is 23.6 Å². The van der Waals surface area contributed by atoms with Gasteiger partial charge in [0, 0.05) is 18.8 Å². The fourth-order valence-corrected chi connectivity index (χ4v) is 2.79. The minimum absolute atomic E-state index is 0.594. The van der Waals surface area contributed by atoms with Crippen molar-refractivity contribution in [3.63, 3.8) is 0 Å². The number of rotatable bonds is 10. The van der Waals surface area contributed by atoms with Crippen LogP contribution in [0.3, 0.4) is 0 Å². The number of nitrogens with zero attached hydrogens (tertiary/aromatic N) is 1. The minimum atomic E-state index is 0.594. The lowest BCUT2D eigenvalue weighted by molar-refractivity contribution is 0.106. The molecule has 0 aromatic heterocycles. The number of hydrogen-bond acceptors (Lipinski definition) is 3. The topological polar surface area (TPSA) is 45.7 Å². The second kappa shape index (κ2) is 12.4. The van der Waals surface area contributed by atoms with Crippen LogP contribution < -0.4 is 10.6 Å². The van der Waals surface area contributed by atoms with Crippen molar-refractivity contribution in [1.82, 2.24) is 10.6 Å². The highest BCUT2D eigenvalue weighted by Crippen LogP contribution is 2.13. The highest BCUT2D eigenvalue weighted by molar-refractivity contribution is 7.98. The van der Waals surface area contributed by atoms with E-state index in [0.717, 1.165) is 24.8 Å². The Labute approximate surface area is 161 Å². The van der Waals surface area contributed by atoms with Crippen molar-refractivity contribution in [3.8, 4) is 0 Å². The molecule has 2 aromatic rings. The van der Waals surface area contributed by atoms with Gasteiger partial charge in [0.2, 0.25) is 0 Å². The van der Waals surface area contributed by atoms with E-state index in [4.69, 9.17) is 9.73 Å². The maximum absolute atomic E-state index is 5.90. The summed E-state index contributed by atoms with van der Waals surface area (Å²) in [5.74, 6) is 1.93. The fourth-order valence-electron chi connectivity index (χ4n) is 2.48. The molecular formula is C21H29N3OS. The van der Waals surface area contributed by atoms with E-state index in [9.17, 15) is 0 Å². The molecule has 0 spiro atoms. The lowest BCUT2D eigenvalue weighted by atomic mass is 10.1. The highest BCUT2D eigenvalue weighted by atomic mass is 32.2. The summed E-state index contributed by atoms with van der Waals surface area (Å²) in [6, 6.07) is 18.6. The van der Waals surface area contributed by atoms with Gasteiger partial charge in [-0.2, -0.15) is 11.8 Å². The molecule has 0 bridgehead atoms. The second-order valence-corrected chi connectivity index (χ2v) is 6.85. The lowest BCUT2D eigenvalue weighted by Gasteiger charge is -2.12. The average molecular weight is 372 g/mol. The molecule has 2 N–H and O–H groups in total. The van der Waals surface area contributed by atoms with Crippen molar-refractivity contribution in [2.45, 2.75) is 26.7 Å². The van der Waals surface area contributed by atoms with E-state index in [-0.39, 0.29) is 0 Å². The number of ether oxygens (including phenoxy) is 1. The van der Waals surface area contributed by atoms with Crippen molar-refractivity contribution < 1.29 is 4.74 Å². The zero-order valence-corrected chi connectivity index (χ0v) is 16.5. The number of guanidine groups is 1. The molecule has 0 unspecified atom stereocenters. The summed E-state index contributed by atoms with van der Waals surface area (Å²) in [5.41, 5.74) is 3.57. The van der Waals surface area contributed by atoms with Crippen molar-refractivity contribution >= 4 is 17.7 Å². The zero-order chi connectivity index (χ0) is 18.5. The Morgan fingerprint density at radius 3 is 2.42 bits per heavy atom. The van der Waals surface area contributed by atoms with E-state index in [1.807, 2.05) is 30.0 Å². The van der Waals surface area contributed by atoms with Gasteiger partial charge in [0.05, 0.1) is 19.8 Å². The summed E-state index contributed by atoms with van der Waals surface area (Å²) in [6.07, 6.45) is 2.11. The maximum Gasteiger partial charge on any atom is 0.191 e. The fraction of sp³-hybridized carbons (Fsp3) is 0.381. The lowest BCUT2D eigenvalue weighted by Crippen LogP contribution is -2.38. The van der Waals surface area contributed by atoms with Gasteiger partial charge in [-0.05, 0) is 29.9 Å². The molecule has 0 saturated carbocycles. The van der Waals surface area contributed by atoms with Crippen LogP contribution in [0.2, 0.25) is 0 Å². The number of aliphatic imine (C=N–C) groups is 1. The molecule has 4 nitrogen and oxygen atoms in total. The Bertz CT molecular complexity index is 661. The van der Waals surface area contributed by atoms with Gasteiger partial charge < -0.3 is 15.4 Å². The summed E-state index contributed by atoms with van der Waals surface area (Å²) in [6.45, 7) is 5.70. The van der Waals surface area contributed by atoms with E-state index in [2.05, 4.69) is 60.2 Å². The van der Waals surface area contributed by atoms with E-state index in [1.165, 1.54) is 16.7 Å². The van der Waals surface area contributed by atoms with Crippen molar-refractivity contribution in [3.05, 3.63) is 71.3 Å². The van der Waals surface area contributed by atoms with E-state index in [1.54, 1.807) is 0 Å². The van der Waals surface area contributed by atoms with E-state index < -0.39 is 0 Å². The van der Waals surface area contributed by atoms with Crippen LogP contribution in [0, 0.1) is 0 Å². The number of nitrogens with one attached hydrogen (secondary N) is 2. The number of thioether (sulfide) groups is 1. The summed E-state index contributed by atoms with van der Waals surface area (Å²) in [5, 5.41) is 6.66. The Hall–Kier alpha value is -1.98. The van der Waals surface area contributed by atoms with Crippen molar-refractivity contribution in [2.75, 3.05) is 25.1 Å². The predicted octanol–water partition coefficient (Wildman–Crippen LogP) is 3.82. The molecule has 5 heteroatoms. The van der Waals surface area contributed by atoms with Gasteiger partial charge >= 0.3 is 0 Å². The largest absolute Gasteiger partial charge is 0.372 e. The Balaban J connectivity index is 1.92. The van der Waals surface area contributed by atoms with E-state index in [0.29, 0.717) is 19.8 Å². The molecule has 2 rings (SSSR count). The molecule has 0 saturated heterocycles. The monoisotopic (exact) mass is 371 g/mol. The van der Waals surface area contributed by atoms with Gasteiger partial charge in [-0.3, -0.25) is 0 Å².